The number of aromatic nitrogens is 3. The molecule has 5 rings (SSSR count). The van der Waals surface area contributed by atoms with Gasteiger partial charge in [-0.05, 0) is 47.5 Å². The molecule has 0 saturated carbocycles. The molecule has 0 radical (unpaired) electrons. The molecule has 1 aliphatic rings. The van der Waals surface area contributed by atoms with Crippen molar-refractivity contribution in [3.63, 3.8) is 0 Å². The fraction of sp³-hybridized carbons (Fsp3) is 0.0800. The molecule has 1 N–H and O–H groups in total. The largest absolute Gasteiger partial charge is 0.507 e. The number of carbonyl (C=O) groups excluding carboxylic acids is 2. The Balaban J connectivity index is 1.53. The van der Waals surface area contributed by atoms with E-state index < -0.39 is 28.4 Å². The first-order chi connectivity index (χ1) is 18.3. The molecule has 0 aliphatic carbocycles. The van der Waals surface area contributed by atoms with Crippen molar-refractivity contribution < 1.29 is 19.6 Å². The number of anilines is 1. The van der Waals surface area contributed by atoms with Gasteiger partial charge in [-0.2, -0.15) is 0 Å². The molecule has 1 aliphatic heterocycles. The summed E-state index contributed by atoms with van der Waals surface area (Å²) in [4.78, 5) is 42.2. The molecule has 1 amide bonds. The maximum Gasteiger partial charge on any atom is 0.301 e. The molecule has 10 nitrogen and oxygen atoms in total. The number of thioether (sulfide) groups is 1. The number of nitrogens with zero attached hydrogens (tertiary/aromatic N) is 5. The van der Waals surface area contributed by atoms with Crippen molar-refractivity contribution in [2.24, 2.45) is 0 Å². The first-order valence-corrected chi connectivity index (χ1v) is 13.2. The Morgan fingerprint density at radius 1 is 1.05 bits per heavy atom. The highest BCUT2D eigenvalue weighted by molar-refractivity contribution is 8.00. The molecule has 2 aromatic carbocycles. The molecule has 0 bridgehead atoms. The number of halogens is 1. The van der Waals surface area contributed by atoms with Crippen LogP contribution in [0, 0.1) is 10.1 Å². The minimum atomic E-state index is -1.08. The number of aliphatic hydroxyl groups excluding tert-OH is 1. The Morgan fingerprint density at radius 2 is 1.74 bits per heavy atom. The Kier molecular flexibility index (Phi) is 7.18. The molecule has 190 valence electrons. The van der Waals surface area contributed by atoms with E-state index >= 15 is 0 Å². The van der Waals surface area contributed by atoms with E-state index in [-0.39, 0.29) is 16.4 Å². The van der Waals surface area contributed by atoms with Crippen LogP contribution >= 0.6 is 34.7 Å². The van der Waals surface area contributed by atoms with Crippen LogP contribution in [0.15, 0.2) is 83.0 Å². The van der Waals surface area contributed by atoms with Crippen LogP contribution in [0.5, 0.6) is 0 Å². The molecule has 0 spiro atoms. The average Bonchev–Trinajstić information content (AvgIpc) is 3.50. The smallest absolute Gasteiger partial charge is 0.301 e. The molecular formula is C25H16ClN5O5S2. The van der Waals surface area contributed by atoms with Crippen molar-refractivity contribution in [3.8, 4) is 0 Å². The summed E-state index contributed by atoms with van der Waals surface area (Å²) in [5.41, 5.74) is 1.37. The average molecular weight is 566 g/mol. The summed E-state index contributed by atoms with van der Waals surface area (Å²) in [7, 11) is 0. The van der Waals surface area contributed by atoms with E-state index in [1.807, 2.05) is 12.1 Å². The van der Waals surface area contributed by atoms with E-state index in [0.717, 1.165) is 16.9 Å². The Bertz CT molecular complexity index is 1560. The van der Waals surface area contributed by atoms with Gasteiger partial charge in [0.05, 0.1) is 16.5 Å². The van der Waals surface area contributed by atoms with Gasteiger partial charge in [-0.1, -0.05) is 46.8 Å². The predicted octanol–water partition coefficient (Wildman–Crippen LogP) is 5.41. The lowest BCUT2D eigenvalue weighted by Crippen LogP contribution is -2.29. The predicted molar refractivity (Wildman–Crippen MR) is 143 cm³/mol. The maximum atomic E-state index is 13.3. The summed E-state index contributed by atoms with van der Waals surface area (Å²) in [6, 6.07) is 14.7. The van der Waals surface area contributed by atoms with Crippen LogP contribution in [0.2, 0.25) is 5.02 Å². The highest BCUT2D eigenvalue weighted by atomic mass is 35.5. The van der Waals surface area contributed by atoms with Crippen LogP contribution in [-0.2, 0) is 15.3 Å². The van der Waals surface area contributed by atoms with Gasteiger partial charge in [-0.25, -0.2) is 0 Å². The zero-order valence-electron chi connectivity index (χ0n) is 19.2. The van der Waals surface area contributed by atoms with Gasteiger partial charge in [-0.15, -0.1) is 10.2 Å². The Morgan fingerprint density at radius 3 is 2.39 bits per heavy atom. The minimum absolute atomic E-state index is 0.155. The molecule has 1 unspecified atom stereocenters. The highest BCUT2D eigenvalue weighted by Gasteiger charge is 2.48. The van der Waals surface area contributed by atoms with E-state index in [1.54, 1.807) is 12.1 Å². The number of hydrogen-bond acceptors (Lipinski definition) is 10. The normalized spacial score (nSPS) is 16.7. The molecule has 1 saturated heterocycles. The fourth-order valence-electron chi connectivity index (χ4n) is 3.87. The number of rotatable bonds is 7. The molecule has 4 aromatic rings. The molecule has 2 aromatic heterocycles. The van der Waals surface area contributed by atoms with Crippen LogP contribution in [0.3, 0.4) is 0 Å². The van der Waals surface area contributed by atoms with Crippen molar-refractivity contribution in [2.45, 2.75) is 16.1 Å². The lowest BCUT2D eigenvalue weighted by Gasteiger charge is -2.22. The van der Waals surface area contributed by atoms with Crippen molar-refractivity contribution >= 4 is 63.0 Å². The second-order valence-corrected chi connectivity index (χ2v) is 10.6. The first kappa shape index (κ1) is 25.5. The zero-order valence-corrected chi connectivity index (χ0v) is 21.6. The maximum absolute atomic E-state index is 13.3. The van der Waals surface area contributed by atoms with Gasteiger partial charge < -0.3 is 5.11 Å². The minimum Gasteiger partial charge on any atom is -0.507 e. The zero-order chi connectivity index (χ0) is 26.8. The van der Waals surface area contributed by atoms with Crippen molar-refractivity contribution in [1.29, 1.82) is 0 Å². The second-order valence-electron chi connectivity index (χ2n) is 8.02. The quantitative estimate of drug-likeness (QED) is 0.0592. The number of hydrogen-bond donors (Lipinski definition) is 1. The summed E-state index contributed by atoms with van der Waals surface area (Å²) in [6.45, 7) is 0. The number of ketones is 1. The summed E-state index contributed by atoms with van der Waals surface area (Å²) >= 11 is 8.46. The summed E-state index contributed by atoms with van der Waals surface area (Å²) in [5, 5.41) is 31.4. The Labute approximate surface area is 228 Å². The van der Waals surface area contributed by atoms with Crippen LogP contribution in [0.25, 0.3) is 5.76 Å². The number of nitro benzene ring substituents is 1. The lowest BCUT2D eigenvalue weighted by molar-refractivity contribution is -0.384. The molecule has 1 fully saturated rings. The van der Waals surface area contributed by atoms with E-state index in [9.17, 15) is 24.8 Å². The van der Waals surface area contributed by atoms with Crippen molar-refractivity contribution in [3.05, 3.63) is 110 Å². The van der Waals surface area contributed by atoms with Crippen molar-refractivity contribution in [2.75, 3.05) is 4.90 Å². The standard InChI is InChI=1S/C25H16ClN5O5S2/c26-17-5-1-14(2-6-17)13-37-25-29-28-24(38-25)30-20(15-3-7-18(8-4-15)31(35)36)19(22(33)23(30)34)21(32)16-9-11-27-12-10-16/h1-12,20,32H,13H2. The third-order valence-corrected chi connectivity index (χ3v) is 8.07. The van der Waals surface area contributed by atoms with Gasteiger partial charge in [0.15, 0.2) is 4.34 Å². The summed E-state index contributed by atoms with van der Waals surface area (Å²) in [6.07, 6.45) is 2.89. The van der Waals surface area contributed by atoms with Gasteiger partial charge in [-0.3, -0.25) is 29.6 Å². The van der Waals surface area contributed by atoms with Gasteiger partial charge in [0, 0.05) is 40.9 Å². The van der Waals surface area contributed by atoms with E-state index in [0.29, 0.717) is 26.2 Å². The van der Waals surface area contributed by atoms with Crippen molar-refractivity contribution in [1.82, 2.24) is 15.2 Å². The van der Waals surface area contributed by atoms with Gasteiger partial charge in [0.1, 0.15) is 5.76 Å². The van der Waals surface area contributed by atoms with Crippen LogP contribution < -0.4 is 4.90 Å². The number of benzene rings is 2. The number of pyridine rings is 1. The topological polar surface area (TPSA) is 139 Å². The number of carbonyl (C=O) groups is 2. The lowest BCUT2D eigenvalue weighted by atomic mass is 9.95. The monoisotopic (exact) mass is 565 g/mol. The second kappa shape index (κ2) is 10.7. The number of Topliss-reactive ketones (excluding diaryl/α,β-unsaturated/α-hetero) is 1. The number of nitro groups is 1. The van der Waals surface area contributed by atoms with Gasteiger partial charge in [0.2, 0.25) is 5.13 Å². The molecule has 3 heterocycles. The summed E-state index contributed by atoms with van der Waals surface area (Å²) < 4.78 is 0.563. The SMILES string of the molecule is O=C1C(=O)N(c2nnc(SCc3ccc(Cl)cc3)s2)C(c2ccc([N+](=O)[O-])cc2)C1=C(O)c1ccncc1. The molecule has 38 heavy (non-hydrogen) atoms. The number of amides is 1. The first-order valence-electron chi connectivity index (χ1n) is 11.0. The molecule has 1 atom stereocenters. The highest BCUT2D eigenvalue weighted by Crippen LogP contribution is 2.44. The van der Waals surface area contributed by atoms with Gasteiger partial charge >= 0.3 is 5.91 Å². The third-order valence-electron chi connectivity index (χ3n) is 5.70. The van der Waals surface area contributed by atoms with E-state index in [1.165, 1.54) is 65.5 Å². The number of aliphatic hydroxyl groups is 1. The number of non-ortho nitro benzene ring substituents is 1. The molecule has 13 heteroatoms. The van der Waals surface area contributed by atoms with E-state index in [4.69, 9.17) is 11.6 Å². The fourth-order valence-corrected chi connectivity index (χ4v) is 5.82. The van der Waals surface area contributed by atoms with Crippen LogP contribution in [0.4, 0.5) is 10.8 Å². The van der Waals surface area contributed by atoms with E-state index in [2.05, 4.69) is 15.2 Å². The summed E-state index contributed by atoms with van der Waals surface area (Å²) in [5.74, 6) is -1.61. The Hall–Kier alpha value is -4.13. The van der Waals surface area contributed by atoms with Crippen LogP contribution in [0.1, 0.15) is 22.7 Å². The van der Waals surface area contributed by atoms with Crippen LogP contribution in [-0.4, -0.2) is 36.9 Å². The third kappa shape index (κ3) is 5.01. The molecular weight excluding hydrogens is 550 g/mol. The van der Waals surface area contributed by atoms with Gasteiger partial charge in [0.25, 0.3) is 11.5 Å².